The van der Waals surface area contributed by atoms with Crippen molar-refractivity contribution in [2.24, 2.45) is 0 Å². The second-order valence-corrected chi connectivity index (χ2v) is 14.9. The fourth-order valence-corrected chi connectivity index (χ4v) is 7.21. The van der Waals surface area contributed by atoms with Gasteiger partial charge in [0.05, 0.1) is 18.7 Å². The highest BCUT2D eigenvalue weighted by Crippen LogP contribution is 2.52. The molecule has 17 heteroatoms. The van der Waals surface area contributed by atoms with Gasteiger partial charge >= 0.3 is 25.5 Å². The van der Waals surface area contributed by atoms with Crippen molar-refractivity contribution in [3.05, 3.63) is 53.2 Å². The van der Waals surface area contributed by atoms with E-state index in [4.69, 9.17) is 38.5 Å². The van der Waals surface area contributed by atoms with Gasteiger partial charge < -0.3 is 33.9 Å². The maximum Gasteiger partial charge on any atom is 0.459 e. The Kier molecular flexibility index (Phi) is 9.56. The van der Waals surface area contributed by atoms with Crippen LogP contribution in [0.3, 0.4) is 0 Å². The molecule has 1 unspecified atom stereocenters. The van der Waals surface area contributed by atoms with Crippen molar-refractivity contribution in [2.45, 2.75) is 96.9 Å². The zero-order valence-electron chi connectivity index (χ0n) is 28.1. The van der Waals surface area contributed by atoms with Gasteiger partial charge in [0.25, 0.3) is 0 Å². The summed E-state index contributed by atoms with van der Waals surface area (Å²) in [5.41, 5.74) is 3.67. The van der Waals surface area contributed by atoms with E-state index in [1.807, 2.05) is 0 Å². The van der Waals surface area contributed by atoms with Gasteiger partial charge in [0, 0.05) is 17.8 Å². The first kappa shape index (κ1) is 35.5. The third-order valence-electron chi connectivity index (χ3n) is 7.56. The smallest absolute Gasteiger partial charge is 0.459 e. The summed E-state index contributed by atoms with van der Waals surface area (Å²) in [5, 5.41) is 3.23. The number of aromatic nitrogens is 3. The zero-order valence-corrected chi connectivity index (χ0v) is 29.0. The Morgan fingerprint density at radius 2 is 1.90 bits per heavy atom. The van der Waals surface area contributed by atoms with Crippen molar-refractivity contribution < 1.29 is 46.9 Å². The van der Waals surface area contributed by atoms with Crippen molar-refractivity contribution in [1.29, 1.82) is 0 Å². The molecule has 2 aliphatic heterocycles. The number of esters is 1. The van der Waals surface area contributed by atoms with E-state index in [9.17, 15) is 18.9 Å². The molecule has 3 aromatic rings. The largest absolute Gasteiger partial charge is 0.465 e. The van der Waals surface area contributed by atoms with Crippen LogP contribution in [0, 0.1) is 0 Å². The normalized spacial score (nSPS) is 25.3. The van der Waals surface area contributed by atoms with E-state index in [1.165, 1.54) is 34.4 Å². The third-order valence-corrected chi connectivity index (χ3v) is 9.20. The van der Waals surface area contributed by atoms with Crippen molar-refractivity contribution >= 4 is 36.5 Å². The predicted molar refractivity (Wildman–Crippen MR) is 172 cm³/mol. The van der Waals surface area contributed by atoms with Gasteiger partial charge in [0.1, 0.15) is 41.0 Å². The van der Waals surface area contributed by atoms with Crippen LogP contribution in [0.25, 0.3) is 10.9 Å². The Bertz CT molecular complexity index is 1800. The maximum absolute atomic E-state index is 14.4. The van der Waals surface area contributed by atoms with Crippen LogP contribution in [0.4, 0.5) is 10.6 Å². The highest BCUT2D eigenvalue weighted by atomic mass is 31.2. The lowest BCUT2D eigenvalue weighted by molar-refractivity contribution is -0.217. The lowest BCUT2D eigenvalue weighted by Gasteiger charge is -2.30. The molecule has 2 fully saturated rings. The molecule has 3 N–H and O–H groups in total. The topological polar surface area (TPSA) is 194 Å². The van der Waals surface area contributed by atoms with E-state index in [0.29, 0.717) is 10.9 Å². The first-order valence-corrected chi connectivity index (χ1v) is 17.0. The number of anilines is 1. The Morgan fingerprint density at radius 1 is 1.17 bits per heavy atom. The second-order valence-electron chi connectivity index (χ2n) is 13.2. The van der Waals surface area contributed by atoms with E-state index >= 15 is 0 Å². The first-order valence-electron chi connectivity index (χ1n) is 15.4. The highest BCUT2D eigenvalue weighted by Gasteiger charge is 2.64. The van der Waals surface area contributed by atoms with Crippen LogP contribution in [-0.4, -0.2) is 74.6 Å². The van der Waals surface area contributed by atoms with Gasteiger partial charge in [-0.3, -0.25) is 18.5 Å². The van der Waals surface area contributed by atoms with Gasteiger partial charge in [0.2, 0.25) is 0 Å². The average molecular weight is 692 g/mol. The number of hydrogen-bond donors (Lipinski definition) is 2. The number of carbonyl (C=O) groups is 2. The summed E-state index contributed by atoms with van der Waals surface area (Å²) in [5.74, 6) is -1.58. The van der Waals surface area contributed by atoms with Gasteiger partial charge in [-0.2, -0.15) is 10.1 Å². The number of nitrogen functional groups attached to an aromatic ring is 1. The van der Waals surface area contributed by atoms with Crippen LogP contribution in [-0.2, 0) is 37.6 Å². The molecule has 16 nitrogen and oxygen atoms in total. The molecule has 2 aromatic heterocycles. The summed E-state index contributed by atoms with van der Waals surface area (Å²) in [6.07, 6.45) is -0.294. The molecule has 2 saturated heterocycles. The predicted octanol–water partition coefficient (Wildman–Crippen LogP) is 4.12. The number of nitrogens with one attached hydrogen (secondary N) is 1. The minimum atomic E-state index is -4.37. The summed E-state index contributed by atoms with van der Waals surface area (Å²) in [6, 6.07) is 6.71. The second kappa shape index (κ2) is 12.9. The van der Waals surface area contributed by atoms with E-state index in [-0.39, 0.29) is 24.8 Å². The van der Waals surface area contributed by atoms with Crippen molar-refractivity contribution in [1.82, 2.24) is 19.2 Å². The summed E-state index contributed by atoms with van der Waals surface area (Å²) in [4.78, 5) is 41.8. The van der Waals surface area contributed by atoms with Crippen LogP contribution in [0.2, 0.25) is 0 Å². The fraction of sp³-hybridized carbons (Fsp3) is 0.548. The number of nitrogens with two attached hydrogens (primary N) is 1. The first-order chi connectivity index (χ1) is 22.3. The number of fused-ring (bicyclic) bond motifs is 2. The number of hydrogen-bond acceptors (Lipinski definition) is 13. The van der Waals surface area contributed by atoms with Crippen LogP contribution >= 0.6 is 7.75 Å². The summed E-state index contributed by atoms with van der Waals surface area (Å²) in [6.45, 7) is 13.3. The molecular formula is C31H42N5O11P. The molecule has 48 heavy (non-hydrogen) atoms. The lowest BCUT2D eigenvalue weighted by Crippen LogP contribution is -2.45. The number of benzene rings is 1. The monoisotopic (exact) mass is 691 g/mol. The Morgan fingerprint density at radius 3 is 2.56 bits per heavy atom. The molecule has 1 aromatic carbocycles. The molecule has 262 valence electrons. The summed E-state index contributed by atoms with van der Waals surface area (Å²) >= 11 is 0. The van der Waals surface area contributed by atoms with Crippen molar-refractivity contribution in [3.8, 4) is 5.75 Å². The van der Waals surface area contributed by atoms with Crippen molar-refractivity contribution in [2.75, 3.05) is 18.9 Å². The van der Waals surface area contributed by atoms with Gasteiger partial charge in [-0.1, -0.05) is 0 Å². The number of ether oxygens (including phenoxy) is 5. The number of nitrogens with zero attached hydrogens (tertiary/aromatic N) is 3. The lowest BCUT2D eigenvalue weighted by atomic mass is 9.96. The third kappa shape index (κ3) is 7.43. The zero-order chi connectivity index (χ0) is 35.2. The fourth-order valence-electron chi connectivity index (χ4n) is 5.72. The van der Waals surface area contributed by atoms with Crippen LogP contribution in [0.15, 0.2) is 47.5 Å². The van der Waals surface area contributed by atoms with E-state index < -0.39 is 67.0 Å². The Labute approximate surface area is 277 Å². The molecule has 0 saturated carbocycles. The molecule has 0 radical (unpaired) electrons. The van der Waals surface area contributed by atoms with Crippen LogP contribution in [0.5, 0.6) is 5.75 Å². The molecule has 6 atom stereocenters. The molecule has 0 bridgehead atoms. The number of carbonyl (C=O) groups excluding carboxylic acids is 2. The van der Waals surface area contributed by atoms with E-state index in [2.05, 4.69) is 10.1 Å². The van der Waals surface area contributed by atoms with Gasteiger partial charge in [0.15, 0.2) is 12.0 Å². The molecule has 4 heterocycles. The minimum Gasteiger partial charge on any atom is -0.465 e. The van der Waals surface area contributed by atoms with E-state index in [0.717, 1.165) is 0 Å². The summed E-state index contributed by atoms with van der Waals surface area (Å²) < 4.78 is 58.0. The van der Waals surface area contributed by atoms with Gasteiger partial charge in [-0.25, -0.2) is 14.2 Å². The summed E-state index contributed by atoms with van der Waals surface area (Å²) in [7, 11) is -4.37. The van der Waals surface area contributed by atoms with Gasteiger partial charge in [-0.15, -0.1) is 0 Å². The average Bonchev–Trinajstić information content (AvgIpc) is 3.57. The Balaban J connectivity index is 1.41. The molecule has 5 rings (SSSR count). The molecular weight excluding hydrogens is 649 g/mol. The highest BCUT2D eigenvalue weighted by molar-refractivity contribution is 7.52. The standard InChI is InChI=1S/C31H42N5O11P/c1-9-41-25(37)18(2)34-48(40,46-20-10-11-21-19(16-20)12-14-35(21)28(39)45-29(3,4)5)42-17-22-24-31(8,47-30(6,7)44-24)26(43-22)36-15-13-23(32)33-27(36)38/h10-16,18,22,24,26H,9,17H2,1-8H3,(H,34,40)(H2,32,33,38)/t18-,22+,24+,26+,31+,48?/m0/s1. The Hall–Kier alpha value is -3.79. The van der Waals surface area contributed by atoms with E-state index in [1.54, 1.807) is 72.9 Å². The maximum atomic E-state index is 14.4. The van der Waals surface area contributed by atoms with Crippen LogP contribution < -0.4 is 21.0 Å². The van der Waals surface area contributed by atoms with Gasteiger partial charge in [-0.05, 0) is 85.7 Å². The molecule has 0 spiro atoms. The van der Waals surface area contributed by atoms with Crippen molar-refractivity contribution in [3.63, 3.8) is 0 Å². The molecule has 0 aliphatic carbocycles. The number of rotatable bonds is 10. The molecule has 0 amide bonds. The quantitative estimate of drug-likeness (QED) is 0.228. The molecule has 2 aliphatic rings. The SMILES string of the molecule is CCOC(=O)[C@H](C)NP(=O)(OC[C@H]1O[C@@H](n2ccc(N)nc2=O)[C@]2(C)OC(C)(C)O[C@H]12)Oc1ccc2c(ccn2C(=O)OC(C)(C)C)c1. The van der Waals surface area contributed by atoms with Crippen LogP contribution in [0.1, 0.15) is 61.6 Å². The minimum absolute atomic E-state index is 0.0410.